The van der Waals surface area contributed by atoms with Crippen molar-refractivity contribution >= 4 is 17.7 Å². The highest BCUT2D eigenvalue weighted by Crippen LogP contribution is 2.18. The first-order valence-electron chi connectivity index (χ1n) is 7.13. The van der Waals surface area contributed by atoms with Gasteiger partial charge in [0.1, 0.15) is 6.04 Å². The Balaban J connectivity index is 2.25. The second-order valence-electron chi connectivity index (χ2n) is 5.10. The van der Waals surface area contributed by atoms with E-state index in [1.807, 2.05) is 0 Å². The van der Waals surface area contributed by atoms with Gasteiger partial charge in [0.05, 0.1) is 6.61 Å². The molecule has 0 saturated heterocycles. The molecule has 4 heteroatoms. The highest BCUT2D eigenvalue weighted by Gasteiger charge is 2.13. The van der Waals surface area contributed by atoms with Crippen LogP contribution in [0.3, 0.4) is 0 Å². The van der Waals surface area contributed by atoms with Gasteiger partial charge in [0.2, 0.25) is 0 Å². The van der Waals surface area contributed by atoms with E-state index in [1.54, 1.807) is 18.7 Å². The van der Waals surface area contributed by atoms with Gasteiger partial charge in [-0.3, -0.25) is 4.79 Å². The van der Waals surface area contributed by atoms with E-state index >= 15 is 0 Å². The van der Waals surface area contributed by atoms with Crippen molar-refractivity contribution in [3.63, 3.8) is 0 Å². The zero-order valence-electron chi connectivity index (χ0n) is 12.6. The summed E-state index contributed by atoms with van der Waals surface area (Å²) < 4.78 is 4.88. The van der Waals surface area contributed by atoms with Crippen LogP contribution in [0, 0.1) is 0 Å². The summed E-state index contributed by atoms with van der Waals surface area (Å²) in [5, 5.41) is 0. The van der Waals surface area contributed by atoms with Crippen molar-refractivity contribution in [2.45, 2.75) is 44.9 Å². The SMILES string of the molecule is CCOC(=O)C(N)CCSCc1ccc(C(C)C)cc1. The zero-order valence-corrected chi connectivity index (χ0v) is 13.4. The summed E-state index contributed by atoms with van der Waals surface area (Å²) in [6, 6.07) is 8.22. The fourth-order valence-corrected chi connectivity index (χ4v) is 2.76. The highest BCUT2D eigenvalue weighted by molar-refractivity contribution is 7.98. The van der Waals surface area contributed by atoms with Crippen molar-refractivity contribution in [2.24, 2.45) is 5.73 Å². The average Bonchev–Trinajstić information content (AvgIpc) is 2.44. The maximum atomic E-state index is 11.4. The van der Waals surface area contributed by atoms with Crippen LogP contribution in [0.15, 0.2) is 24.3 Å². The molecule has 0 aliphatic heterocycles. The van der Waals surface area contributed by atoms with Crippen LogP contribution < -0.4 is 5.73 Å². The van der Waals surface area contributed by atoms with Crippen molar-refractivity contribution in [3.8, 4) is 0 Å². The lowest BCUT2D eigenvalue weighted by Crippen LogP contribution is -2.32. The summed E-state index contributed by atoms with van der Waals surface area (Å²) in [6.45, 7) is 6.57. The Bertz CT molecular complexity index is 403. The number of carbonyl (C=O) groups excluding carboxylic acids is 1. The van der Waals surface area contributed by atoms with Crippen LogP contribution in [-0.2, 0) is 15.3 Å². The van der Waals surface area contributed by atoms with Gasteiger partial charge in [-0.15, -0.1) is 0 Å². The molecule has 0 aliphatic rings. The summed E-state index contributed by atoms with van der Waals surface area (Å²) in [6.07, 6.45) is 0.660. The van der Waals surface area contributed by atoms with E-state index < -0.39 is 6.04 Å². The van der Waals surface area contributed by atoms with Crippen molar-refractivity contribution in [1.29, 1.82) is 0 Å². The molecule has 3 nitrogen and oxygen atoms in total. The third-order valence-corrected chi connectivity index (χ3v) is 4.14. The van der Waals surface area contributed by atoms with Crippen molar-refractivity contribution in [1.82, 2.24) is 0 Å². The molecule has 0 fully saturated rings. The Morgan fingerprint density at radius 3 is 2.50 bits per heavy atom. The van der Waals surface area contributed by atoms with Gasteiger partial charge in [-0.25, -0.2) is 0 Å². The minimum absolute atomic E-state index is 0.297. The van der Waals surface area contributed by atoms with Gasteiger partial charge in [-0.05, 0) is 36.1 Å². The smallest absolute Gasteiger partial charge is 0.322 e. The standard InChI is InChI=1S/C16H25NO2S/c1-4-19-16(18)15(17)9-10-20-11-13-5-7-14(8-6-13)12(2)3/h5-8,12,15H,4,9-11,17H2,1-3H3. The molecule has 0 aliphatic carbocycles. The Labute approximate surface area is 126 Å². The Hall–Kier alpha value is -1.00. The first kappa shape index (κ1) is 17.1. The molecule has 1 aromatic carbocycles. The van der Waals surface area contributed by atoms with E-state index in [4.69, 9.17) is 10.5 Å². The zero-order chi connectivity index (χ0) is 15.0. The van der Waals surface area contributed by atoms with Crippen LogP contribution in [0.5, 0.6) is 0 Å². The maximum absolute atomic E-state index is 11.4. The molecule has 112 valence electrons. The van der Waals surface area contributed by atoms with Crippen LogP contribution >= 0.6 is 11.8 Å². The lowest BCUT2D eigenvalue weighted by molar-refractivity contribution is -0.144. The summed E-state index contributed by atoms with van der Waals surface area (Å²) in [4.78, 5) is 11.4. The lowest BCUT2D eigenvalue weighted by Gasteiger charge is -2.10. The fourth-order valence-electron chi connectivity index (χ4n) is 1.77. The number of hydrogen-bond donors (Lipinski definition) is 1. The molecule has 1 aromatic rings. The van der Waals surface area contributed by atoms with Crippen LogP contribution in [0.25, 0.3) is 0 Å². The predicted molar refractivity (Wildman–Crippen MR) is 85.9 cm³/mol. The maximum Gasteiger partial charge on any atom is 0.322 e. The van der Waals surface area contributed by atoms with Crippen LogP contribution in [0.1, 0.15) is 44.2 Å². The van der Waals surface area contributed by atoms with E-state index in [0.717, 1.165) is 11.5 Å². The number of thioether (sulfide) groups is 1. The number of rotatable bonds is 8. The van der Waals surface area contributed by atoms with Crippen molar-refractivity contribution in [2.75, 3.05) is 12.4 Å². The van der Waals surface area contributed by atoms with Gasteiger partial charge < -0.3 is 10.5 Å². The first-order chi connectivity index (χ1) is 9.54. The predicted octanol–water partition coefficient (Wildman–Crippen LogP) is 3.32. The molecule has 1 unspecified atom stereocenters. The van der Waals surface area contributed by atoms with E-state index in [0.29, 0.717) is 18.9 Å². The fraction of sp³-hybridized carbons (Fsp3) is 0.562. The van der Waals surface area contributed by atoms with Crippen molar-refractivity contribution in [3.05, 3.63) is 35.4 Å². The molecule has 0 radical (unpaired) electrons. The first-order valence-corrected chi connectivity index (χ1v) is 8.28. The summed E-state index contributed by atoms with van der Waals surface area (Å²) in [7, 11) is 0. The van der Waals surface area contributed by atoms with Gasteiger partial charge >= 0.3 is 5.97 Å². The molecule has 0 heterocycles. The van der Waals surface area contributed by atoms with E-state index in [1.165, 1.54) is 11.1 Å². The van der Waals surface area contributed by atoms with Gasteiger partial charge in [0.25, 0.3) is 0 Å². The number of esters is 1. The highest BCUT2D eigenvalue weighted by atomic mass is 32.2. The summed E-state index contributed by atoms with van der Waals surface area (Å²) >= 11 is 1.80. The number of nitrogens with two attached hydrogens (primary N) is 1. The molecule has 0 aromatic heterocycles. The van der Waals surface area contributed by atoms with Gasteiger partial charge in [-0.2, -0.15) is 11.8 Å². The molecule has 0 amide bonds. The number of hydrogen-bond acceptors (Lipinski definition) is 4. The molecule has 1 rings (SSSR count). The normalized spacial score (nSPS) is 12.4. The van der Waals surface area contributed by atoms with Crippen LogP contribution in [-0.4, -0.2) is 24.4 Å². The lowest BCUT2D eigenvalue weighted by atomic mass is 10.0. The minimum Gasteiger partial charge on any atom is -0.465 e. The summed E-state index contributed by atoms with van der Waals surface area (Å²) in [5.41, 5.74) is 8.42. The second kappa shape index (κ2) is 9.03. The number of benzene rings is 1. The molecule has 0 bridgehead atoms. The third-order valence-electron chi connectivity index (χ3n) is 3.08. The average molecular weight is 295 g/mol. The van der Waals surface area contributed by atoms with E-state index in [2.05, 4.69) is 38.1 Å². The molecular formula is C16H25NO2S. The topological polar surface area (TPSA) is 52.3 Å². The Morgan fingerprint density at radius 1 is 1.30 bits per heavy atom. The van der Waals surface area contributed by atoms with E-state index in [9.17, 15) is 4.79 Å². The van der Waals surface area contributed by atoms with Gasteiger partial charge in [0.15, 0.2) is 0 Å². The molecule has 0 spiro atoms. The molecular weight excluding hydrogens is 270 g/mol. The number of carbonyl (C=O) groups is 1. The van der Waals surface area contributed by atoms with E-state index in [-0.39, 0.29) is 5.97 Å². The molecule has 20 heavy (non-hydrogen) atoms. The number of ether oxygens (including phenoxy) is 1. The second-order valence-corrected chi connectivity index (χ2v) is 6.20. The van der Waals surface area contributed by atoms with Crippen LogP contribution in [0.4, 0.5) is 0 Å². The summed E-state index contributed by atoms with van der Waals surface area (Å²) in [5.74, 6) is 2.09. The monoisotopic (exact) mass is 295 g/mol. The molecule has 0 saturated carbocycles. The van der Waals surface area contributed by atoms with Crippen LogP contribution in [0.2, 0.25) is 0 Å². The van der Waals surface area contributed by atoms with Gasteiger partial charge in [-0.1, -0.05) is 38.1 Å². The Kier molecular flexibility index (Phi) is 7.70. The third kappa shape index (κ3) is 5.97. The van der Waals surface area contributed by atoms with Gasteiger partial charge in [0, 0.05) is 5.75 Å². The minimum atomic E-state index is -0.495. The molecule has 2 N–H and O–H groups in total. The molecule has 1 atom stereocenters. The largest absolute Gasteiger partial charge is 0.465 e. The quantitative estimate of drug-likeness (QED) is 0.590. The van der Waals surface area contributed by atoms with Crippen molar-refractivity contribution < 1.29 is 9.53 Å². The Morgan fingerprint density at radius 2 is 1.95 bits per heavy atom.